The average Bonchev–Trinajstić information content (AvgIpc) is 2.81. The molecule has 2 rings (SSSR count). The Kier molecular flexibility index (Phi) is 4.12. The SMILES string of the molecule is CC(=O)N(CC(=O)NC(C)C)c1ccc2c(c1)OCO2. The Morgan fingerprint density at radius 1 is 1.30 bits per heavy atom. The third kappa shape index (κ3) is 3.20. The molecule has 1 N–H and O–H groups in total. The van der Waals surface area contributed by atoms with Gasteiger partial charge in [-0.2, -0.15) is 0 Å². The summed E-state index contributed by atoms with van der Waals surface area (Å²) in [4.78, 5) is 25.0. The number of ether oxygens (including phenoxy) is 2. The Labute approximate surface area is 117 Å². The predicted octanol–water partition coefficient (Wildman–Crippen LogP) is 1.29. The zero-order chi connectivity index (χ0) is 14.7. The molecular weight excluding hydrogens is 260 g/mol. The molecule has 0 fully saturated rings. The first kappa shape index (κ1) is 14.2. The van der Waals surface area contributed by atoms with Crippen molar-refractivity contribution in [2.45, 2.75) is 26.8 Å². The van der Waals surface area contributed by atoms with Gasteiger partial charge in [-0.1, -0.05) is 0 Å². The lowest BCUT2D eigenvalue weighted by Crippen LogP contribution is -2.42. The summed E-state index contributed by atoms with van der Waals surface area (Å²) < 4.78 is 10.5. The summed E-state index contributed by atoms with van der Waals surface area (Å²) in [5.41, 5.74) is 0.612. The normalized spacial score (nSPS) is 12.4. The van der Waals surface area contributed by atoms with E-state index < -0.39 is 0 Å². The van der Waals surface area contributed by atoms with Crippen LogP contribution in [0.25, 0.3) is 0 Å². The Balaban J connectivity index is 2.16. The van der Waals surface area contributed by atoms with E-state index in [9.17, 15) is 9.59 Å². The number of benzene rings is 1. The maximum Gasteiger partial charge on any atom is 0.240 e. The summed E-state index contributed by atoms with van der Waals surface area (Å²) in [5, 5.41) is 2.76. The Morgan fingerprint density at radius 2 is 2.00 bits per heavy atom. The van der Waals surface area contributed by atoms with Crippen LogP contribution in [0.15, 0.2) is 18.2 Å². The maximum atomic E-state index is 11.8. The van der Waals surface area contributed by atoms with E-state index in [1.165, 1.54) is 11.8 Å². The van der Waals surface area contributed by atoms with E-state index in [1.54, 1.807) is 18.2 Å². The van der Waals surface area contributed by atoms with Gasteiger partial charge in [0.05, 0.1) is 0 Å². The van der Waals surface area contributed by atoms with E-state index in [2.05, 4.69) is 5.32 Å². The van der Waals surface area contributed by atoms with Gasteiger partial charge >= 0.3 is 0 Å². The molecule has 0 atom stereocenters. The molecular formula is C14H18N2O4. The van der Waals surface area contributed by atoms with Gasteiger partial charge in [-0.3, -0.25) is 9.59 Å². The van der Waals surface area contributed by atoms with Crippen molar-refractivity contribution in [1.82, 2.24) is 5.32 Å². The van der Waals surface area contributed by atoms with Gasteiger partial charge in [0, 0.05) is 24.7 Å². The molecule has 0 spiro atoms. The molecule has 108 valence electrons. The van der Waals surface area contributed by atoms with E-state index in [1.807, 2.05) is 13.8 Å². The number of hydrogen-bond donors (Lipinski definition) is 1. The number of amides is 2. The summed E-state index contributed by atoms with van der Waals surface area (Å²) in [6.45, 7) is 5.32. The third-order valence-electron chi connectivity index (χ3n) is 2.80. The van der Waals surface area contributed by atoms with Gasteiger partial charge in [0.1, 0.15) is 6.54 Å². The van der Waals surface area contributed by atoms with Gasteiger partial charge in [-0.15, -0.1) is 0 Å². The van der Waals surface area contributed by atoms with Crippen LogP contribution in [0.4, 0.5) is 5.69 Å². The van der Waals surface area contributed by atoms with Gasteiger partial charge in [-0.25, -0.2) is 0 Å². The first-order chi connectivity index (χ1) is 9.47. The smallest absolute Gasteiger partial charge is 0.240 e. The van der Waals surface area contributed by atoms with Crippen molar-refractivity contribution in [2.24, 2.45) is 0 Å². The fraction of sp³-hybridized carbons (Fsp3) is 0.429. The van der Waals surface area contributed by atoms with E-state index in [0.717, 1.165) is 0 Å². The van der Waals surface area contributed by atoms with Crippen LogP contribution in [0, 0.1) is 0 Å². The van der Waals surface area contributed by atoms with E-state index in [4.69, 9.17) is 9.47 Å². The highest BCUT2D eigenvalue weighted by Crippen LogP contribution is 2.35. The van der Waals surface area contributed by atoms with E-state index in [-0.39, 0.29) is 31.2 Å². The first-order valence-corrected chi connectivity index (χ1v) is 6.44. The minimum atomic E-state index is -0.206. The lowest BCUT2D eigenvalue weighted by atomic mass is 10.2. The topological polar surface area (TPSA) is 67.9 Å². The van der Waals surface area contributed by atoms with Gasteiger partial charge in [0.15, 0.2) is 11.5 Å². The van der Waals surface area contributed by atoms with Crippen LogP contribution in [-0.2, 0) is 9.59 Å². The van der Waals surface area contributed by atoms with Crippen molar-refractivity contribution >= 4 is 17.5 Å². The fourth-order valence-electron chi connectivity index (χ4n) is 1.95. The Bertz CT molecular complexity index is 528. The standard InChI is InChI=1S/C14H18N2O4/c1-9(2)15-14(18)7-16(10(3)17)11-4-5-12-13(6-11)20-8-19-12/h4-6,9H,7-8H2,1-3H3,(H,15,18). The highest BCUT2D eigenvalue weighted by atomic mass is 16.7. The van der Waals surface area contributed by atoms with Gasteiger partial charge < -0.3 is 19.7 Å². The molecule has 0 aromatic heterocycles. The second kappa shape index (κ2) is 5.81. The number of carbonyl (C=O) groups is 2. The Hall–Kier alpha value is -2.24. The number of hydrogen-bond acceptors (Lipinski definition) is 4. The van der Waals surface area contributed by atoms with Gasteiger partial charge in [-0.05, 0) is 26.0 Å². The molecule has 20 heavy (non-hydrogen) atoms. The zero-order valence-corrected chi connectivity index (χ0v) is 11.8. The highest BCUT2D eigenvalue weighted by molar-refractivity contribution is 5.97. The molecule has 1 aliphatic heterocycles. The van der Waals surface area contributed by atoms with Crippen LogP contribution >= 0.6 is 0 Å². The second-order valence-corrected chi connectivity index (χ2v) is 4.86. The summed E-state index contributed by atoms with van der Waals surface area (Å²) in [7, 11) is 0. The number of carbonyl (C=O) groups excluding carboxylic acids is 2. The van der Waals surface area contributed by atoms with Crippen LogP contribution in [0.3, 0.4) is 0 Å². The first-order valence-electron chi connectivity index (χ1n) is 6.44. The molecule has 1 heterocycles. The lowest BCUT2D eigenvalue weighted by Gasteiger charge is -2.21. The number of fused-ring (bicyclic) bond motifs is 1. The third-order valence-corrected chi connectivity index (χ3v) is 2.80. The molecule has 1 aromatic carbocycles. The summed E-state index contributed by atoms with van der Waals surface area (Å²) in [6, 6.07) is 5.20. The molecule has 0 aliphatic carbocycles. The number of nitrogens with one attached hydrogen (secondary N) is 1. The van der Waals surface area contributed by atoms with Gasteiger partial charge in [0.2, 0.25) is 18.6 Å². The van der Waals surface area contributed by atoms with Crippen molar-refractivity contribution in [3.05, 3.63) is 18.2 Å². The largest absolute Gasteiger partial charge is 0.454 e. The maximum absolute atomic E-state index is 11.8. The fourth-order valence-corrected chi connectivity index (χ4v) is 1.95. The quantitative estimate of drug-likeness (QED) is 0.901. The molecule has 6 nitrogen and oxygen atoms in total. The summed E-state index contributed by atoms with van der Waals surface area (Å²) >= 11 is 0. The summed E-state index contributed by atoms with van der Waals surface area (Å²) in [6.07, 6.45) is 0. The minimum absolute atomic E-state index is 0.0207. The van der Waals surface area contributed by atoms with E-state index >= 15 is 0 Å². The summed E-state index contributed by atoms with van der Waals surface area (Å²) in [5.74, 6) is 0.817. The Morgan fingerprint density at radius 3 is 2.65 bits per heavy atom. The van der Waals surface area contributed by atoms with Crippen molar-refractivity contribution < 1.29 is 19.1 Å². The zero-order valence-electron chi connectivity index (χ0n) is 11.8. The van der Waals surface area contributed by atoms with Crippen molar-refractivity contribution in [2.75, 3.05) is 18.2 Å². The van der Waals surface area contributed by atoms with Crippen LogP contribution in [-0.4, -0.2) is 31.2 Å². The van der Waals surface area contributed by atoms with Crippen LogP contribution < -0.4 is 19.7 Å². The second-order valence-electron chi connectivity index (χ2n) is 4.86. The molecule has 0 saturated heterocycles. The van der Waals surface area contributed by atoms with Crippen LogP contribution in [0.5, 0.6) is 11.5 Å². The van der Waals surface area contributed by atoms with Crippen LogP contribution in [0.2, 0.25) is 0 Å². The van der Waals surface area contributed by atoms with E-state index in [0.29, 0.717) is 17.2 Å². The number of rotatable bonds is 4. The molecule has 6 heteroatoms. The number of anilines is 1. The molecule has 1 aliphatic rings. The monoisotopic (exact) mass is 278 g/mol. The molecule has 0 bridgehead atoms. The molecule has 0 radical (unpaired) electrons. The van der Waals surface area contributed by atoms with Crippen molar-refractivity contribution in [3.8, 4) is 11.5 Å². The predicted molar refractivity (Wildman–Crippen MR) is 73.9 cm³/mol. The molecule has 0 unspecified atom stereocenters. The molecule has 1 aromatic rings. The molecule has 2 amide bonds. The van der Waals surface area contributed by atoms with Crippen molar-refractivity contribution in [3.63, 3.8) is 0 Å². The molecule has 0 saturated carbocycles. The lowest BCUT2D eigenvalue weighted by molar-refractivity contribution is -0.123. The van der Waals surface area contributed by atoms with Gasteiger partial charge in [0.25, 0.3) is 0 Å². The average molecular weight is 278 g/mol. The van der Waals surface area contributed by atoms with Crippen LogP contribution in [0.1, 0.15) is 20.8 Å². The highest BCUT2D eigenvalue weighted by Gasteiger charge is 2.20. The minimum Gasteiger partial charge on any atom is -0.454 e. The van der Waals surface area contributed by atoms with Crippen molar-refractivity contribution in [1.29, 1.82) is 0 Å². The number of nitrogens with zero attached hydrogens (tertiary/aromatic N) is 1.